The number of nitriles is 1. The van der Waals surface area contributed by atoms with Crippen molar-refractivity contribution >= 4 is 27.6 Å². The number of nitrogens with zero attached hydrogens (tertiary/aromatic N) is 2. The van der Waals surface area contributed by atoms with E-state index in [4.69, 9.17) is 10.00 Å². The van der Waals surface area contributed by atoms with Crippen LogP contribution in [0.15, 0.2) is 12.1 Å². The van der Waals surface area contributed by atoms with Gasteiger partial charge in [-0.25, -0.2) is 4.79 Å². The molecule has 94 valence electrons. The van der Waals surface area contributed by atoms with Gasteiger partial charge in [-0.05, 0) is 19.1 Å². The molecule has 0 bridgehead atoms. The fourth-order valence-electron chi connectivity index (χ4n) is 1.45. The zero-order valence-electron chi connectivity index (χ0n) is 9.47. The van der Waals surface area contributed by atoms with Crippen molar-refractivity contribution < 1.29 is 14.5 Å². The Kier molecular flexibility index (Phi) is 4.80. The molecule has 0 aliphatic heterocycles. The van der Waals surface area contributed by atoms with Gasteiger partial charge in [-0.15, -0.1) is 0 Å². The molecule has 18 heavy (non-hydrogen) atoms. The zero-order chi connectivity index (χ0) is 13.7. The summed E-state index contributed by atoms with van der Waals surface area (Å²) in [6.07, 6.45) is 0. The van der Waals surface area contributed by atoms with Crippen molar-refractivity contribution in [3.8, 4) is 6.07 Å². The van der Waals surface area contributed by atoms with Crippen LogP contribution in [0, 0.1) is 21.4 Å². The summed E-state index contributed by atoms with van der Waals surface area (Å²) in [6.45, 7) is 1.67. The van der Waals surface area contributed by atoms with E-state index < -0.39 is 10.9 Å². The Morgan fingerprint density at radius 1 is 1.61 bits per heavy atom. The normalized spacial score (nSPS) is 9.61. The second kappa shape index (κ2) is 6.12. The molecule has 0 fully saturated rings. The highest BCUT2D eigenvalue weighted by molar-refractivity contribution is 9.08. The third kappa shape index (κ3) is 2.65. The third-order valence-electron chi connectivity index (χ3n) is 2.19. The molecule has 1 aromatic rings. The Labute approximate surface area is 111 Å². The minimum absolute atomic E-state index is 0.0650. The second-order valence-corrected chi connectivity index (χ2v) is 3.78. The van der Waals surface area contributed by atoms with Crippen molar-refractivity contribution in [2.75, 3.05) is 6.61 Å². The first-order valence-electron chi connectivity index (χ1n) is 5.00. The molecule has 0 N–H and O–H groups in total. The van der Waals surface area contributed by atoms with Gasteiger partial charge in [-0.2, -0.15) is 5.26 Å². The fraction of sp³-hybridized carbons (Fsp3) is 0.273. The van der Waals surface area contributed by atoms with E-state index in [2.05, 4.69) is 15.9 Å². The molecule has 7 heteroatoms. The number of nitro benzene ring substituents is 1. The Balaban J connectivity index is 3.56. The van der Waals surface area contributed by atoms with Crippen LogP contribution in [0.3, 0.4) is 0 Å². The first kappa shape index (κ1) is 14.1. The maximum Gasteiger partial charge on any atom is 0.346 e. The lowest BCUT2D eigenvalue weighted by atomic mass is 10.0. The lowest BCUT2D eigenvalue weighted by molar-refractivity contribution is -0.385. The minimum atomic E-state index is -0.858. The molecule has 1 aromatic carbocycles. The predicted octanol–water partition coefficient (Wildman–Crippen LogP) is 2.54. The van der Waals surface area contributed by atoms with Crippen LogP contribution in [0.5, 0.6) is 0 Å². The Morgan fingerprint density at radius 2 is 2.28 bits per heavy atom. The Morgan fingerprint density at radius 3 is 2.72 bits per heavy atom. The molecule has 0 radical (unpaired) electrons. The van der Waals surface area contributed by atoms with Gasteiger partial charge in [-0.3, -0.25) is 10.1 Å². The number of carbonyl (C=O) groups is 1. The monoisotopic (exact) mass is 312 g/mol. The molecule has 0 unspecified atom stereocenters. The van der Waals surface area contributed by atoms with Crippen molar-refractivity contribution in [1.82, 2.24) is 0 Å². The summed E-state index contributed by atoms with van der Waals surface area (Å²) in [7, 11) is 0. The number of benzene rings is 1. The smallest absolute Gasteiger partial charge is 0.346 e. The number of carbonyl (C=O) groups excluding carboxylic acids is 1. The van der Waals surface area contributed by atoms with E-state index in [0.717, 1.165) is 0 Å². The first-order valence-corrected chi connectivity index (χ1v) is 6.12. The highest BCUT2D eigenvalue weighted by Gasteiger charge is 2.28. The van der Waals surface area contributed by atoms with Gasteiger partial charge < -0.3 is 4.74 Å². The van der Waals surface area contributed by atoms with Crippen molar-refractivity contribution in [2.45, 2.75) is 12.3 Å². The Bertz CT molecular complexity index is 537. The number of halogens is 1. The van der Waals surface area contributed by atoms with Crippen LogP contribution in [0.4, 0.5) is 5.69 Å². The highest BCUT2D eigenvalue weighted by Crippen LogP contribution is 2.29. The van der Waals surface area contributed by atoms with Crippen LogP contribution in [-0.2, 0) is 10.1 Å². The number of rotatable bonds is 4. The van der Waals surface area contributed by atoms with E-state index in [1.54, 1.807) is 13.0 Å². The van der Waals surface area contributed by atoms with Crippen molar-refractivity contribution in [3.05, 3.63) is 38.9 Å². The van der Waals surface area contributed by atoms with Gasteiger partial charge in [-0.1, -0.05) is 15.9 Å². The number of alkyl halides is 1. The van der Waals surface area contributed by atoms with Gasteiger partial charge in [0, 0.05) is 10.9 Å². The topological polar surface area (TPSA) is 93.2 Å². The first-order chi connectivity index (χ1) is 8.56. The number of esters is 1. The highest BCUT2D eigenvalue weighted by atomic mass is 79.9. The van der Waals surface area contributed by atoms with E-state index in [1.165, 1.54) is 12.1 Å². The molecule has 0 heterocycles. The summed E-state index contributed by atoms with van der Waals surface area (Å²) in [5.74, 6) is -0.858. The Hall–Kier alpha value is -1.94. The molecular formula is C11H9BrN2O4. The lowest BCUT2D eigenvalue weighted by Gasteiger charge is -2.07. The SMILES string of the molecule is CCOC(=O)c1c(C#N)ccc(CBr)c1[N+](=O)[O-]. The summed E-state index contributed by atoms with van der Waals surface area (Å²) in [6, 6.07) is 4.57. The van der Waals surface area contributed by atoms with E-state index in [0.29, 0.717) is 5.56 Å². The summed E-state index contributed by atoms with van der Waals surface area (Å²) in [5, 5.41) is 20.2. The predicted molar refractivity (Wildman–Crippen MR) is 66.4 cm³/mol. The number of nitro groups is 1. The lowest BCUT2D eigenvalue weighted by Crippen LogP contribution is -2.12. The third-order valence-corrected chi connectivity index (χ3v) is 2.79. The van der Waals surface area contributed by atoms with E-state index in [9.17, 15) is 14.9 Å². The minimum Gasteiger partial charge on any atom is -0.462 e. The molecule has 6 nitrogen and oxygen atoms in total. The second-order valence-electron chi connectivity index (χ2n) is 3.22. The van der Waals surface area contributed by atoms with E-state index in [1.807, 2.05) is 0 Å². The summed E-state index contributed by atoms with van der Waals surface area (Å²) in [4.78, 5) is 22.1. The van der Waals surface area contributed by atoms with Gasteiger partial charge >= 0.3 is 5.97 Å². The molecule has 0 atom stereocenters. The maximum absolute atomic E-state index is 11.7. The molecule has 0 aliphatic rings. The van der Waals surface area contributed by atoms with Crippen molar-refractivity contribution in [1.29, 1.82) is 5.26 Å². The fourth-order valence-corrected chi connectivity index (χ4v) is 1.91. The van der Waals surface area contributed by atoms with Gasteiger partial charge in [0.1, 0.15) is 6.07 Å². The standard InChI is InChI=1S/C11H9BrN2O4/c1-2-18-11(15)9-8(6-13)4-3-7(5-12)10(9)14(16)17/h3-4H,2,5H2,1H3. The van der Waals surface area contributed by atoms with Gasteiger partial charge in [0.25, 0.3) is 5.69 Å². The van der Waals surface area contributed by atoms with Crippen LogP contribution < -0.4 is 0 Å². The van der Waals surface area contributed by atoms with Crippen molar-refractivity contribution in [3.63, 3.8) is 0 Å². The quantitative estimate of drug-likeness (QED) is 0.368. The molecule has 1 rings (SSSR count). The zero-order valence-corrected chi connectivity index (χ0v) is 11.1. The molecule has 0 saturated carbocycles. The summed E-state index contributed by atoms with van der Waals surface area (Å²) in [5.41, 5.74) is -0.419. The molecule has 0 aliphatic carbocycles. The average molecular weight is 313 g/mol. The molecule has 0 amide bonds. The van der Waals surface area contributed by atoms with E-state index in [-0.39, 0.29) is 28.8 Å². The largest absolute Gasteiger partial charge is 0.462 e. The molecular weight excluding hydrogens is 304 g/mol. The van der Waals surface area contributed by atoms with Gasteiger partial charge in [0.15, 0.2) is 5.56 Å². The summed E-state index contributed by atoms with van der Waals surface area (Å²) >= 11 is 3.11. The number of hydrogen-bond donors (Lipinski definition) is 0. The van der Waals surface area contributed by atoms with Gasteiger partial charge in [0.2, 0.25) is 0 Å². The number of ether oxygens (including phenoxy) is 1. The van der Waals surface area contributed by atoms with Crippen LogP contribution in [-0.4, -0.2) is 17.5 Å². The number of hydrogen-bond acceptors (Lipinski definition) is 5. The molecule has 0 aromatic heterocycles. The van der Waals surface area contributed by atoms with Crippen LogP contribution in [0.1, 0.15) is 28.4 Å². The molecule has 0 saturated heterocycles. The van der Waals surface area contributed by atoms with E-state index >= 15 is 0 Å². The summed E-state index contributed by atoms with van der Waals surface area (Å²) < 4.78 is 4.75. The van der Waals surface area contributed by atoms with Gasteiger partial charge in [0.05, 0.1) is 17.1 Å². The van der Waals surface area contributed by atoms with Crippen molar-refractivity contribution in [2.24, 2.45) is 0 Å². The maximum atomic E-state index is 11.7. The van der Waals surface area contributed by atoms with Crippen LogP contribution >= 0.6 is 15.9 Å². The van der Waals surface area contributed by atoms with Crippen LogP contribution in [0.2, 0.25) is 0 Å². The average Bonchev–Trinajstić information content (AvgIpc) is 2.36. The van der Waals surface area contributed by atoms with Crippen LogP contribution in [0.25, 0.3) is 0 Å². The molecule has 0 spiro atoms.